The van der Waals surface area contributed by atoms with Gasteiger partial charge in [-0.3, -0.25) is 4.79 Å². The molecule has 9 nitrogen and oxygen atoms in total. The van der Waals surface area contributed by atoms with Gasteiger partial charge in [-0.25, -0.2) is 9.48 Å². The average molecular weight is 364 g/mol. The number of primary amides is 1. The zero-order valence-corrected chi connectivity index (χ0v) is 15.4. The number of piperidine rings is 1. The largest absolute Gasteiger partial charge is 0.466 e. The molecule has 26 heavy (non-hydrogen) atoms. The van der Waals surface area contributed by atoms with Crippen molar-refractivity contribution in [2.75, 3.05) is 31.6 Å². The molecule has 2 unspecified atom stereocenters. The Labute approximate surface area is 153 Å². The van der Waals surface area contributed by atoms with E-state index in [2.05, 4.69) is 15.7 Å². The lowest BCUT2D eigenvalue weighted by Crippen LogP contribution is -2.50. The third-order valence-electron chi connectivity index (χ3n) is 5.21. The van der Waals surface area contributed by atoms with Crippen LogP contribution in [0.4, 0.5) is 10.6 Å². The average Bonchev–Trinajstić information content (AvgIpc) is 3.06. The number of carbonyl (C=O) groups excluding carboxylic acids is 2. The molecular weight excluding hydrogens is 336 g/mol. The Morgan fingerprint density at radius 3 is 2.73 bits per heavy atom. The van der Waals surface area contributed by atoms with Gasteiger partial charge in [-0.1, -0.05) is 0 Å². The predicted molar refractivity (Wildman–Crippen MR) is 96.6 cm³/mol. The zero-order chi connectivity index (χ0) is 18.7. The summed E-state index contributed by atoms with van der Waals surface area (Å²) in [6.45, 7) is 6.74. The Morgan fingerprint density at radius 1 is 1.38 bits per heavy atom. The SMILES string of the molecule is CCOC(=O)C1CNc2c(cnn2CC)C1NC1CCN(C(N)=O)CC1. The number of anilines is 1. The van der Waals surface area contributed by atoms with Crippen LogP contribution in [0.2, 0.25) is 0 Å². The van der Waals surface area contributed by atoms with Crippen molar-refractivity contribution >= 4 is 17.8 Å². The monoisotopic (exact) mass is 364 g/mol. The van der Waals surface area contributed by atoms with Gasteiger partial charge in [0.1, 0.15) is 5.82 Å². The molecule has 4 N–H and O–H groups in total. The molecule has 0 spiro atoms. The van der Waals surface area contributed by atoms with Crippen LogP contribution in [-0.2, 0) is 16.1 Å². The van der Waals surface area contributed by atoms with E-state index in [1.54, 1.807) is 4.90 Å². The van der Waals surface area contributed by atoms with E-state index in [1.165, 1.54) is 0 Å². The van der Waals surface area contributed by atoms with Crippen molar-refractivity contribution < 1.29 is 14.3 Å². The summed E-state index contributed by atoms with van der Waals surface area (Å²) in [5, 5.41) is 11.4. The molecule has 0 aromatic carbocycles. The standard InChI is InChI=1S/C17H28N6O3/c1-3-23-15-12(10-20-23)14(13(9-19-15)16(24)26-4-2)21-11-5-7-22(8-6-11)17(18)25/h10-11,13-14,19,21H,3-9H2,1-2H3,(H2,18,25). The van der Waals surface area contributed by atoms with Crippen LogP contribution in [0.25, 0.3) is 0 Å². The number of urea groups is 1. The number of nitrogens with two attached hydrogens (primary N) is 1. The van der Waals surface area contributed by atoms with Gasteiger partial charge in [0.2, 0.25) is 0 Å². The van der Waals surface area contributed by atoms with Crippen LogP contribution in [0.15, 0.2) is 6.20 Å². The third-order valence-corrected chi connectivity index (χ3v) is 5.21. The van der Waals surface area contributed by atoms with Crippen LogP contribution >= 0.6 is 0 Å². The molecule has 0 radical (unpaired) electrons. The molecule has 1 saturated heterocycles. The number of fused-ring (bicyclic) bond motifs is 1. The summed E-state index contributed by atoms with van der Waals surface area (Å²) >= 11 is 0. The normalized spacial score (nSPS) is 23.2. The summed E-state index contributed by atoms with van der Waals surface area (Å²) < 4.78 is 7.19. The second-order valence-electron chi connectivity index (χ2n) is 6.75. The van der Waals surface area contributed by atoms with Crippen molar-refractivity contribution in [3.63, 3.8) is 0 Å². The number of hydrogen-bond acceptors (Lipinski definition) is 6. The van der Waals surface area contributed by atoms with Crippen LogP contribution in [0.1, 0.15) is 38.3 Å². The van der Waals surface area contributed by atoms with Crippen LogP contribution in [0.3, 0.4) is 0 Å². The highest BCUT2D eigenvalue weighted by atomic mass is 16.5. The molecule has 0 bridgehead atoms. The number of rotatable bonds is 5. The lowest BCUT2D eigenvalue weighted by molar-refractivity contribution is -0.148. The van der Waals surface area contributed by atoms with E-state index >= 15 is 0 Å². The number of nitrogens with one attached hydrogen (secondary N) is 2. The van der Waals surface area contributed by atoms with E-state index in [-0.39, 0.29) is 30.0 Å². The Hall–Kier alpha value is -2.29. The van der Waals surface area contributed by atoms with Gasteiger partial charge in [-0.15, -0.1) is 0 Å². The summed E-state index contributed by atoms with van der Waals surface area (Å²) in [5.74, 6) is 0.438. The van der Waals surface area contributed by atoms with E-state index in [4.69, 9.17) is 10.5 Å². The van der Waals surface area contributed by atoms with Crippen molar-refractivity contribution in [2.24, 2.45) is 11.7 Å². The second-order valence-corrected chi connectivity index (χ2v) is 6.75. The molecule has 2 aliphatic heterocycles. The number of carbonyl (C=O) groups is 2. The van der Waals surface area contributed by atoms with Crippen molar-refractivity contribution in [3.8, 4) is 0 Å². The maximum atomic E-state index is 12.5. The Balaban J connectivity index is 1.77. The zero-order valence-electron chi connectivity index (χ0n) is 15.4. The minimum absolute atomic E-state index is 0.157. The van der Waals surface area contributed by atoms with Gasteiger partial charge in [0.15, 0.2) is 0 Å². The van der Waals surface area contributed by atoms with Crippen molar-refractivity contribution in [1.29, 1.82) is 0 Å². The van der Waals surface area contributed by atoms with E-state index in [9.17, 15) is 9.59 Å². The van der Waals surface area contributed by atoms with E-state index < -0.39 is 0 Å². The highest BCUT2D eigenvalue weighted by Gasteiger charge is 2.39. The molecule has 0 aliphatic carbocycles. The summed E-state index contributed by atoms with van der Waals surface area (Å²) in [6.07, 6.45) is 3.44. The fourth-order valence-electron chi connectivity index (χ4n) is 3.80. The lowest BCUT2D eigenvalue weighted by atomic mass is 9.89. The van der Waals surface area contributed by atoms with Gasteiger partial charge in [0.05, 0.1) is 24.8 Å². The van der Waals surface area contributed by atoms with Gasteiger partial charge in [0.25, 0.3) is 0 Å². The van der Waals surface area contributed by atoms with Crippen LogP contribution in [0.5, 0.6) is 0 Å². The molecule has 2 aliphatic rings. The smallest absolute Gasteiger partial charge is 0.314 e. The fraction of sp³-hybridized carbons (Fsp3) is 0.706. The number of likely N-dealkylation sites (tertiary alicyclic amines) is 1. The van der Waals surface area contributed by atoms with Crippen molar-refractivity contribution in [2.45, 2.75) is 45.3 Å². The quantitative estimate of drug-likeness (QED) is 0.662. The predicted octanol–water partition coefficient (Wildman–Crippen LogP) is 0.682. The van der Waals surface area contributed by atoms with Crippen molar-refractivity contribution in [3.05, 3.63) is 11.8 Å². The first kappa shape index (κ1) is 18.5. The number of hydrogen-bond donors (Lipinski definition) is 3. The van der Waals surface area contributed by atoms with Gasteiger partial charge < -0.3 is 26.0 Å². The summed E-state index contributed by atoms with van der Waals surface area (Å²) in [5.41, 5.74) is 6.35. The maximum Gasteiger partial charge on any atom is 0.314 e. The van der Waals surface area contributed by atoms with Gasteiger partial charge in [0, 0.05) is 37.8 Å². The number of aromatic nitrogens is 2. The molecule has 0 saturated carbocycles. The fourth-order valence-corrected chi connectivity index (χ4v) is 3.80. The van der Waals surface area contributed by atoms with Gasteiger partial charge in [-0.2, -0.15) is 5.10 Å². The second kappa shape index (κ2) is 7.94. The van der Waals surface area contributed by atoms with E-state index in [0.29, 0.717) is 26.2 Å². The van der Waals surface area contributed by atoms with Crippen molar-refractivity contribution in [1.82, 2.24) is 20.0 Å². The van der Waals surface area contributed by atoms with Crippen LogP contribution in [-0.4, -0.2) is 59.0 Å². The number of nitrogens with zero attached hydrogens (tertiary/aromatic N) is 3. The van der Waals surface area contributed by atoms with Crippen LogP contribution in [0, 0.1) is 5.92 Å². The Morgan fingerprint density at radius 2 is 2.12 bits per heavy atom. The highest BCUT2D eigenvalue weighted by Crippen LogP contribution is 2.35. The highest BCUT2D eigenvalue weighted by molar-refractivity contribution is 5.76. The third kappa shape index (κ3) is 3.62. The summed E-state index contributed by atoms with van der Waals surface area (Å²) in [6, 6.07) is -0.319. The molecule has 9 heteroatoms. The molecule has 1 aromatic heterocycles. The number of amides is 2. The topological polar surface area (TPSA) is 115 Å². The summed E-state index contributed by atoms with van der Waals surface area (Å²) in [7, 11) is 0. The molecule has 3 rings (SSSR count). The number of aryl methyl sites for hydroxylation is 1. The minimum atomic E-state index is -0.374. The first-order valence-corrected chi connectivity index (χ1v) is 9.31. The minimum Gasteiger partial charge on any atom is -0.466 e. The maximum absolute atomic E-state index is 12.5. The van der Waals surface area contributed by atoms with Gasteiger partial charge in [-0.05, 0) is 26.7 Å². The van der Waals surface area contributed by atoms with E-state index in [1.807, 2.05) is 24.7 Å². The first-order valence-electron chi connectivity index (χ1n) is 9.31. The molecule has 2 amide bonds. The van der Waals surface area contributed by atoms with Gasteiger partial charge >= 0.3 is 12.0 Å². The number of esters is 1. The summed E-state index contributed by atoms with van der Waals surface area (Å²) in [4.78, 5) is 25.4. The molecular formula is C17H28N6O3. The first-order chi connectivity index (χ1) is 12.5. The molecule has 1 fully saturated rings. The number of ether oxygens (including phenoxy) is 1. The molecule has 1 aromatic rings. The van der Waals surface area contributed by atoms with E-state index in [0.717, 1.165) is 30.8 Å². The van der Waals surface area contributed by atoms with Crippen LogP contribution < -0.4 is 16.4 Å². The molecule has 3 heterocycles. The Bertz CT molecular complexity index is 653. The molecule has 144 valence electrons. The Kier molecular flexibility index (Phi) is 5.65. The lowest BCUT2D eigenvalue weighted by Gasteiger charge is -2.37. The molecule has 2 atom stereocenters.